The van der Waals surface area contributed by atoms with Crippen LogP contribution in [0.1, 0.15) is 30.9 Å². The zero-order valence-corrected chi connectivity index (χ0v) is 9.66. The van der Waals surface area contributed by atoms with Gasteiger partial charge in [-0.05, 0) is 42.5 Å². The van der Waals surface area contributed by atoms with Gasteiger partial charge in [-0.1, -0.05) is 12.1 Å². The van der Waals surface area contributed by atoms with Crippen molar-refractivity contribution in [3.8, 4) is 0 Å². The number of nitrogens with one attached hydrogen (secondary N) is 1. The van der Waals surface area contributed by atoms with Crippen molar-refractivity contribution in [2.45, 2.75) is 25.3 Å². The van der Waals surface area contributed by atoms with Gasteiger partial charge in [-0.2, -0.15) is 0 Å². The van der Waals surface area contributed by atoms with E-state index in [-0.39, 0.29) is 5.82 Å². The highest BCUT2D eigenvalue weighted by Gasteiger charge is 2.40. The first kappa shape index (κ1) is 10.9. The van der Waals surface area contributed by atoms with Crippen molar-refractivity contribution >= 4 is 5.78 Å². The first-order valence-corrected chi connectivity index (χ1v) is 6.24. The number of hydrogen-bond acceptors (Lipinski definition) is 2. The van der Waals surface area contributed by atoms with Crippen LogP contribution in [0.2, 0.25) is 0 Å². The summed E-state index contributed by atoms with van der Waals surface area (Å²) >= 11 is 0. The van der Waals surface area contributed by atoms with E-state index in [4.69, 9.17) is 0 Å². The lowest BCUT2D eigenvalue weighted by molar-refractivity contribution is -0.122. The van der Waals surface area contributed by atoms with Crippen LogP contribution in [0.3, 0.4) is 0 Å². The molecule has 2 nitrogen and oxygen atoms in total. The Morgan fingerprint density at radius 2 is 2.00 bits per heavy atom. The van der Waals surface area contributed by atoms with Gasteiger partial charge in [-0.3, -0.25) is 4.79 Å². The quantitative estimate of drug-likeness (QED) is 0.807. The van der Waals surface area contributed by atoms with Crippen LogP contribution in [0.4, 0.5) is 4.39 Å². The number of rotatable bonds is 1. The number of Topliss-reactive ketones (excluding diaryl/α,β-unsaturated/α-hetero) is 1. The molecule has 1 N–H and O–H groups in total. The molecule has 3 heteroatoms. The molecular weight excluding hydrogens is 217 g/mol. The van der Waals surface area contributed by atoms with E-state index in [1.54, 1.807) is 0 Å². The molecule has 0 radical (unpaired) electrons. The number of benzene rings is 1. The van der Waals surface area contributed by atoms with Gasteiger partial charge in [0.2, 0.25) is 0 Å². The standard InChI is InChI=1S/C14H16FNO/c15-11-3-1-9(2-4-11)14-13-6-5-12(17)7-10(13)8-16-14/h1-4,10,13-14,16H,5-8H2. The van der Waals surface area contributed by atoms with E-state index in [1.165, 1.54) is 12.1 Å². The van der Waals surface area contributed by atoms with Crippen molar-refractivity contribution in [1.29, 1.82) is 0 Å². The number of fused-ring (bicyclic) bond motifs is 1. The molecule has 0 aromatic heterocycles. The van der Waals surface area contributed by atoms with Crippen LogP contribution in [0.25, 0.3) is 0 Å². The highest BCUT2D eigenvalue weighted by Crippen LogP contribution is 2.41. The minimum absolute atomic E-state index is 0.192. The smallest absolute Gasteiger partial charge is 0.133 e. The Kier molecular flexibility index (Phi) is 2.71. The largest absolute Gasteiger partial charge is 0.309 e. The summed E-state index contributed by atoms with van der Waals surface area (Å²) in [5, 5.41) is 3.48. The van der Waals surface area contributed by atoms with Crippen molar-refractivity contribution in [2.75, 3.05) is 6.54 Å². The van der Waals surface area contributed by atoms with Gasteiger partial charge < -0.3 is 5.32 Å². The van der Waals surface area contributed by atoms with Crippen molar-refractivity contribution in [3.63, 3.8) is 0 Å². The number of halogens is 1. The van der Waals surface area contributed by atoms with Gasteiger partial charge in [0.05, 0.1) is 0 Å². The molecular formula is C14H16FNO. The summed E-state index contributed by atoms with van der Waals surface area (Å²) in [6.07, 6.45) is 2.40. The molecule has 3 atom stereocenters. The minimum Gasteiger partial charge on any atom is -0.309 e. The topological polar surface area (TPSA) is 29.1 Å². The van der Waals surface area contributed by atoms with Gasteiger partial charge in [0.1, 0.15) is 11.6 Å². The zero-order valence-electron chi connectivity index (χ0n) is 9.66. The molecule has 1 aliphatic carbocycles. The first-order valence-electron chi connectivity index (χ1n) is 6.24. The third-order valence-electron chi connectivity index (χ3n) is 4.11. The SMILES string of the molecule is O=C1CCC2C(CNC2c2ccc(F)cc2)C1. The normalized spacial score (nSPS) is 32.5. The second kappa shape index (κ2) is 4.22. The highest BCUT2D eigenvalue weighted by molar-refractivity contribution is 5.79. The van der Waals surface area contributed by atoms with Crippen molar-refractivity contribution < 1.29 is 9.18 Å². The average Bonchev–Trinajstić information content (AvgIpc) is 2.73. The monoisotopic (exact) mass is 233 g/mol. The molecule has 0 amide bonds. The maximum atomic E-state index is 12.9. The predicted molar refractivity (Wildman–Crippen MR) is 63.0 cm³/mol. The number of hydrogen-bond donors (Lipinski definition) is 1. The zero-order chi connectivity index (χ0) is 11.8. The molecule has 1 aromatic rings. The maximum absolute atomic E-state index is 12.9. The molecule has 1 aromatic carbocycles. The molecule has 2 fully saturated rings. The lowest BCUT2D eigenvalue weighted by Gasteiger charge is -2.27. The summed E-state index contributed by atoms with van der Waals surface area (Å²) < 4.78 is 12.9. The van der Waals surface area contributed by atoms with Crippen LogP contribution >= 0.6 is 0 Å². The van der Waals surface area contributed by atoms with Gasteiger partial charge in [0.15, 0.2) is 0 Å². The van der Waals surface area contributed by atoms with Crippen molar-refractivity contribution in [3.05, 3.63) is 35.6 Å². The Labute approximate surface area is 100 Å². The van der Waals surface area contributed by atoms with Crippen molar-refractivity contribution in [1.82, 2.24) is 5.32 Å². The van der Waals surface area contributed by atoms with Crippen LogP contribution in [-0.2, 0) is 4.79 Å². The Morgan fingerprint density at radius 1 is 1.24 bits per heavy atom. The van der Waals surface area contributed by atoms with Crippen LogP contribution in [-0.4, -0.2) is 12.3 Å². The Bertz CT molecular complexity index is 428. The van der Waals surface area contributed by atoms with Crippen LogP contribution in [0.5, 0.6) is 0 Å². The van der Waals surface area contributed by atoms with E-state index in [2.05, 4.69) is 5.32 Å². The fraction of sp³-hybridized carbons (Fsp3) is 0.500. The van der Waals surface area contributed by atoms with Gasteiger partial charge in [-0.25, -0.2) is 4.39 Å². The molecule has 90 valence electrons. The summed E-state index contributed by atoms with van der Waals surface area (Å²) in [4.78, 5) is 11.4. The predicted octanol–water partition coefficient (Wildman–Crippen LogP) is 2.46. The van der Waals surface area contributed by atoms with Crippen LogP contribution < -0.4 is 5.32 Å². The molecule has 1 aliphatic heterocycles. The fourth-order valence-corrected chi connectivity index (χ4v) is 3.24. The third-order valence-corrected chi connectivity index (χ3v) is 4.11. The van der Waals surface area contributed by atoms with Gasteiger partial charge in [0, 0.05) is 18.9 Å². The second-order valence-electron chi connectivity index (χ2n) is 5.14. The average molecular weight is 233 g/mol. The van der Waals surface area contributed by atoms with Crippen LogP contribution in [0, 0.1) is 17.7 Å². The molecule has 1 saturated carbocycles. The second-order valence-corrected chi connectivity index (χ2v) is 5.14. The Hall–Kier alpha value is -1.22. The van der Waals surface area contributed by atoms with E-state index >= 15 is 0 Å². The van der Waals surface area contributed by atoms with E-state index in [0.29, 0.717) is 30.1 Å². The molecule has 0 bridgehead atoms. The lowest BCUT2D eigenvalue weighted by Crippen LogP contribution is -2.24. The molecule has 3 rings (SSSR count). The Morgan fingerprint density at radius 3 is 2.76 bits per heavy atom. The fourth-order valence-electron chi connectivity index (χ4n) is 3.24. The van der Waals surface area contributed by atoms with Gasteiger partial charge >= 0.3 is 0 Å². The van der Waals surface area contributed by atoms with Gasteiger partial charge in [0.25, 0.3) is 0 Å². The van der Waals surface area contributed by atoms with E-state index in [0.717, 1.165) is 24.9 Å². The molecule has 0 spiro atoms. The third kappa shape index (κ3) is 2.00. The summed E-state index contributed by atoms with van der Waals surface area (Å²) in [6, 6.07) is 7.03. The van der Waals surface area contributed by atoms with Crippen LogP contribution in [0.15, 0.2) is 24.3 Å². The number of carbonyl (C=O) groups excluding carboxylic acids is 1. The summed E-state index contributed by atoms with van der Waals surface area (Å²) in [5.41, 5.74) is 1.15. The first-order chi connectivity index (χ1) is 8.24. The maximum Gasteiger partial charge on any atom is 0.133 e. The van der Waals surface area contributed by atoms with E-state index < -0.39 is 0 Å². The minimum atomic E-state index is -0.192. The highest BCUT2D eigenvalue weighted by atomic mass is 19.1. The Balaban J connectivity index is 1.81. The van der Waals surface area contributed by atoms with E-state index in [1.807, 2.05) is 12.1 Å². The molecule has 1 saturated heterocycles. The lowest BCUT2D eigenvalue weighted by atomic mass is 9.76. The summed E-state index contributed by atoms with van der Waals surface area (Å²) in [7, 11) is 0. The molecule has 2 aliphatic rings. The molecule has 1 heterocycles. The summed E-state index contributed by atoms with van der Waals surface area (Å²) in [6.45, 7) is 0.915. The molecule has 17 heavy (non-hydrogen) atoms. The number of ketones is 1. The van der Waals surface area contributed by atoms with Crippen molar-refractivity contribution in [2.24, 2.45) is 11.8 Å². The summed E-state index contributed by atoms with van der Waals surface area (Å²) in [5.74, 6) is 1.22. The molecule has 3 unspecified atom stereocenters. The van der Waals surface area contributed by atoms with Gasteiger partial charge in [-0.15, -0.1) is 0 Å². The van der Waals surface area contributed by atoms with E-state index in [9.17, 15) is 9.18 Å². The number of carbonyl (C=O) groups is 1.